The minimum absolute atomic E-state index is 0.105. The molecule has 0 radical (unpaired) electrons. The van der Waals surface area contributed by atoms with Crippen LogP contribution in [0.15, 0.2) is 48.8 Å². The molecule has 2 aromatic carbocycles. The van der Waals surface area contributed by atoms with Crippen molar-refractivity contribution in [1.29, 1.82) is 0 Å². The van der Waals surface area contributed by atoms with Gasteiger partial charge in [-0.15, -0.1) is 10.2 Å². The first-order valence-corrected chi connectivity index (χ1v) is 10.2. The summed E-state index contributed by atoms with van der Waals surface area (Å²) in [6.45, 7) is 5.72. The fourth-order valence-corrected chi connectivity index (χ4v) is 3.78. The molecule has 0 amide bonds. The highest BCUT2D eigenvalue weighted by Gasteiger charge is 2.20. The molecule has 1 aliphatic heterocycles. The SMILES string of the molecule is COc1ccc(CNc2ccc([C@@H]3CCc4nncn4C3)cc2)cc1OC(C)C. The summed E-state index contributed by atoms with van der Waals surface area (Å²) in [7, 11) is 1.67. The van der Waals surface area contributed by atoms with Gasteiger partial charge in [-0.1, -0.05) is 18.2 Å². The highest BCUT2D eigenvalue weighted by molar-refractivity contribution is 5.48. The van der Waals surface area contributed by atoms with Crippen molar-refractivity contribution in [2.75, 3.05) is 12.4 Å². The molecule has 0 saturated heterocycles. The van der Waals surface area contributed by atoms with Crippen LogP contribution in [0, 0.1) is 0 Å². The van der Waals surface area contributed by atoms with Crippen molar-refractivity contribution >= 4 is 5.69 Å². The van der Waals surface area contributed by atoms with Gasteiger partial charge in [0.05, 0.1) is 13.2 Å². The number of benzene rings is 2. The number of nitrogens with zero attached hydrogens (tertiary/aromatic N) is 3. The molecule has 0 fully saturated rings. The molecule has 0 spiro atoms. The summed E-state index contributed by atoms with van der Waals surface area (Å²) in [6, 6.07) is 14.8. The lowest BCUT2D eigenvalue weighted by molar-refractivity contribution is 0.230. The lowest BCUT2D eigenvalue weighted by atomic mass is 9.91. The molecule has 6 heteroatoms. The summed E-state index contributed by atoms with van der Waals surface area (Å²) in [6.07, 6.45) is 4.05. The summed E-state index contributed by atoms with van der Waals surface area (Å²) in [5.74, 6) is 3.16. The maximum absolute atomic E-state index is 5.87. The Balaban J connectivity index is 1.38. The van der Waals surface area contributed by atoms with E-state index >= 15 is 0 Å². The molecule has 1 atom stereocenters. The van der Waals surface area contributed by atoms with Gasteiger partial charge < -0.3 is 19.4 Å². The number of ether oxygens (including phenoxy) is 2. The van der Waals surface area contributed by atoms with Crippen LogP contribution < -0.4 is 14.8 Å². The van der Waals surface area contributed by atoms with Crippen molar-refractivity contribution in [1.82, 2.24) is 14.8 Å². The first kappa shape index (κ1) is 19.3. The Bertz CT molecular complexity index is 950. The van der Waals surface area contributed by atoms with Gasteiger partial charge in [-0.2, -0.15) is 0 Å². The molecule has 1 aromatic heterocycles. The summed E-state index contributed by atoms with van der Waals surface area (Å²) >= 11 is 0. The van der Waals surface area contributed by atoms with E-state index in [9.17, 15) is 0 Å². The first-order valence-electron chi connectivity index (χ1n) is 10.2. The van der Waals surface area contributed by atoms with Crippen molar-refractivity contribution in [2.24, 2.45) is 0 Å². The first-order chi connectivity index (χ1) is 14.1. The maximum atomic E-state index is 5.87. The van der Waals surface area contributed by atoms with Crippen molar-refractivity contribution in [3.05, 3.63) is 65.7 Å². The molecular weight excluding hydrogens is 364 g/mol. The van der Waals surface area contributed by atoms with Crippen LogP contribution >= 0.6 is 0 Å². The Labute approximate surface area is 171 Å². The second-order valence-corrected chi connectivity index (χ2v) is 7.76. The molecule has 3 aromatic rings. The van der Waals surface area contributed by atoms with E-state index in [1.807, 2.05) is 32.3 Å². The van der Waals surface area contributed by atoms with Crippen molar-refractivity contribution in [3.8, 4) is 11.5 Å². The van der Waals surface area contributed by atoms with Gasteiger partial charge >= 0.3 is 0 Å². The average molecular weight is 393 g/mol. The average Bonchev–Trinajstić information content (AvgIpc) is 3.20. The molecule has 0 aliphatic carbocycles. The third kappa shape index (κ3) is 4.53. The third-order valence-corrected chi connectivity index (χ3v) is 5.30. The van der Waals surface area contributed by atoms with Gasteiger partial charge in [0.2, 0.25) is 0 Å². The standard InChI is InChI=1S/C23H28N4O2/c1-16(2)29-22-12-17(4-10-21(22)28-3)13-24-20-8-5-18(6-9-20)19-7-11-23-26-25-15-27(23)14-19/h4-6,8-10,12,15-16,19,24H,7,11,13-14H2,1-3H3/t19-/m1/s1. The summed E-state index contributed by atoms with van der Waals surface area (Å²) < 4.78 is 13.4. The van der Waals surface area contributed by atoms with Crippen LogP contribution in [0.3, 0.4) is 0 Å². The lowest BCUT2D eigenvalue weighted by Gasteiger charge is -2.23. The van der Waals surface area contributed by atoms with Crippen LogP contribution in [0.4, 0.5) is 5.69 Å². The summed E-state index contributed by atoms with van der Waals surface area (Å²) in [4.78, 5) is 0. The van der Waals surface area contributed by atoms with E-state index in [0.717, 1.165) is 54.5 Å². The van der Waals surface area contributed by atoms with E-state index in [2.05, 4.69) is 50.4 Å². The van der Waals surface area contributed by atoms with Crippen molar-refractivity contribution in [3.63, 3.8) is 0 Å². The number of aryl methyl sites for hydroxylation is 1. The minimum Gasteiger partial charge on any atom is -0.493 e. The van der Waals surface area contributed by atoms with E-state index in [-0.39, 0.29) is 6.10 Å². The van der Waals surface area contributed by atoms with Gasteiger partial charge in [-0.25, -0.2) is 0 Å². The highest BCUT2D eigenvalue weighted by Crippen LogP contribution is 2.30. The molecular formula is C23H28N4O2. The second kappa shape index (κ2) is 8.55. The molecule has 29 heavy (non-hydrogen) atoms. The number of methoxy groups -OCH3 is 1. The van der Waals surface area contributed by atoms with Gasteiger partial charge in [0.1, 0.15) is 12.2 Å². The predicted molar refractivity (Wildman–Crippen MR) is 114 cm³/mol. The quantitative estimate of drug-likeness (QED) is 0.645. The smallest absolute Gasteiger partial charge is 0.161 e. The van der Waals surface area contributed by atoms with Crippen LogP contribution in [-0.2, 0) is 19.5 Å². The van der Waals surface area contributed by atoms with Crippen LogP contribution in [0.1, 0.15) is 43.1 Å². The van der Waals surface area contributed by atoms with Crippen LogP contribution in [0.2, 0.25) is 0 Å². The molecule has 0 unspecified atom stereocenters. The zero-order valence-corrected chi connectivity index (χ0v) is 17.3. The van der Waals surface area contributed by atoms with E-state index in [0.29, 0.717) is 5.92 Å². The molecule has 4 rings (SSSR count). The fraction of sp³-hybridized carbons (Fsp3) is 0.391. The van der Waals surface area contributed by atoms with Crippen molar-refractivity contribution in [2.45, 2.75) is 51.8 Å². The van der Waals surface area contributed by atoms with E-state index in [1.165, 1.54) is 5.56 Å². The minimum atomic E-state index is 0.105. The number of fused-ring (bicyclic) bond motifs is 1. The van der Waals surface area contributed by atoms with E-state index in [1.54, 1.807) is 7.11 Å². The number of hydrogen-bond acceptors (Lipinski definition) is 5. The number of hydrogen-bond donors (Lipinski definition) is 1. The Morgan fingerprint density at radius 3 is 2.72 bits per heavy atom. The van der Waals surface area contributed by atoms with Gasteiger partial charge in [-0.05, 0) is 55.7 Å². The van der Waals surface area contributed by atoms with Crippen molar-refractivity contribution < 1.29 is 9.47 Å². The Hall–Kier alpha value is -3.02. The second-order valence-electron chi connectivity index (χ2n) is 7.76. The zero-order chi connectivity index (χ0) is 20.2. The maximum Gasteiger partial charge on any atom is 0.161 e. The largest absolute Gasteiger partial charge is 0.493 e. The number of nitrogens with one attached hydrogen (secondary N) is 1. The number of anilines is 1. The van der Waals surface area contributed by atoms with E-state index in [4.69, 9.17) is 9.47 Å². The third-order valence-electron chi connectivity index (χ3n) is 5.30. The summed E-state index contributed by atoms with van der Waals surface area (Å²) in [5.41, 5.74) is 3.63. The Morgan fingerprint density at radius 1 is 1.14 bits per heavy atom. The monoisotopic (exact) mass is 392 g/mol. The predicted octanol–water partition coefficient (Wildman–Crippen LogP) is 4.42. The number of aromatic nitrogens is 3. The van der Waals surface area contributed by atoms with Gasteiger partial charge in [0, 0.05) is 31.1 Å². The van der Waals surface area contributed by atoms with Gasteiger partial charge in [-0.3, -0.25) is 0 Å². The highest BCUT2D eigenvalue weighted by atomic mass is 16.5. The zero-order valence-electron chi connectivity index (χ0n) is 17.3. The molecule has 1 aliphatic rings. The molecule has 0 saturated carbocycles. The van der Waals surface area contributed by atoms with Crippen LogP contribution in [0.25, 0.3) is 0 Å². The normalized spacial score (nSPS) is 15.8. The molecule has 6 nitrogen and oxygen atoms in total. The van der Waals surface area contributed by atoms with Crippen LogP contribution in [-0.4, -0.2) is 28.0 Å². The Kier molecular flexibility index (Phi) is 5.69. The van der Waals surface area contributed by atoms with Gasteiger partial charge in [0.15, 0.2) is 11.5 Å². The molecule has 0 bridgehead atoms. The fourth-order valence-electron chi connectivity index (χ4n) is 3.78. The number of rotatable bonds is 7. The topological polar surface area (TPSA) is 61.2 Å². The lowest BCUT2D eigenvalue weighted by Crippen LogP contribution is -2.18. The van der Waals surface area contributed by atoms with Crippen LogP contribution in [0.5, 0.6) is 11.5 Å². The molecule has 1 N–H and O–H groups in total. The van der Waals surface area contributed by atoms with Gasteiger partial charge in [0.25, 0.3) is 0 Å². The summed E-state index contributed by atoms with van der Waals surface area (Å²) in [5, 5.41) is 11.7. The Morgan fingerprint density at radius 2 is 1.97 bits per heavy atom. The molecule has 152 valence electrons. The molecule has 2 heterocycles. The van der Waals surface area contributed by atoms with E-state index < -0.39 is 0 Å².